The molecule has 4 rings (SSSR count). The Morgan fingerprint density at radius 3 is 2.59 bits per heavy atom. The summed E-state index contributed by atoms with van der Waals surface area (Å²) in [5, 5.41) is 1.09. The lowest BCUT2D eigenvalue weighted by Crippen LogP contribution is -2.40. The quantitative estimate of drug-likeness (QED) is 0.717. The zero-order valence-corrected chi connectivity index (χ0v) is 17.5. The number of likely N-dealkylation sites (tertiary alicyclic amines) is 1. The van der Waals surface area contributed by atoms with Gasteiger partial charge in [-0.3, -0.25) is 9.59 Å². The molecule has 0 aromatic carbocycles. The van der Waals surface area contributed by atoms with Gasteiger partial charge in [-0.05, 0) is 51.8 Å². The molecule has 1 amide bonds. The average Bonchev–Trinajstić information content (AvgIpc) is 3.09. The Morgan fingerprint density at radius 1 is 1.14 bits per heavy atom. The first-order chi connectivity index (χ1) is 13.9. The average molecular weight is 410 g/mol. The largest absolute Gasteiger partial charge is 0.338 e. The number of aromatic nitrogens is 4. The third-order valence-electron chi connectivity index (χ3n) is 5.24. The van der Waals surface area contributed by atoms with Crippen molar-refractivity contribution in [2.24, 2.45) is 0 Å². The number of carbonyl (C=O) groups is 1. The molecule has 29 heavy (non-hydrogen) atoms. The molecule has 1 saturated heterocycles. The second-order valence-corrected chi connectivity index (χ2v) is 8.44. The molecule has 0 aliphatic carbocycles. The van der Waals surface area contributed by atoms with Gasteiger partial charge in [0.25, 0.3) is 11.5 Å². The van der Waals surface area contributed by atoms with E-state index in [2.05, 4.69) is 15.0 Å². The lowest BCUT2D eigenvalue weighted by molar-refractivity contribution is 0.0711. The summed E-state index contributed by atoms with van der Waals surface area (Å²) in [5.41, 5.74) is 2.52. The Balaban J connectivity index is 1.47. The molecule has 0 unspecified atom stereocenters. The van der Waals surface area contributed by atoms with Crippen LogP contribution in [-0.4, -0.2) is 43.8 Å². The van der Waals surface area contributed by atoms with Crippen LogP contribution in [0.3, 0.4) is 0 Å². The van der Waals surface area contributed by atoms with Gasteiger partial charge in [-0.2, -0.15) is 0 Å². The second-order valence-electron chi connectivity index (χ2n) is 7.41. The van der Waals surface area contributed by atoms with Gasteiger partial charge in [-0.25, -0.2) is 15.0 Å². The summed E-state index contributed by atoms with van der Waals surface area (Å²) in [5.74, 6) is 0.864. The van der Waals surface area contributed by atoms with Crippen molar-refractivity contribution in [3.8, 4) is 10.6 Å². The van der Waals surface area contributed by atoms with Crippen LogP contribution in [0, 0.1) is 20.8 Å². The molecule has 1 fully saturated rings. The van der Waals surface area contributed by atoms with Crippen LogP contribution < -0.4 is 5.56 Å². The molecular formula is C21H23N5O2S. The number of thiazole rings is 1. The van der Waals surface area contributed by atoms with Crippen LogP contribution in [0.4, 0.5) is 0 Å². The highest BCUT2D eigenvalue weighted by Gasteiger charge is 2.28. The van der Waals surface area contributed by atoms with Crippen molar-refractivity contribution in [3.63, 3.8) is 0 Å². The number of rotatable bonds is 3. The van der Waals surface area contributed by atoms with Gasteiger partial charge in [0.1, 0.15) is 11.4 Å². The number of carbonyl (C=O) groups excluding carboxylic acids is 1. The van der Waals surface area contributed by atoms with E-state index in [9.17, 15) is 9.59 Å². The minimum absolute atomic E-state index is 0.197. The minimum atomic E-state index is -0.322. The smallest absolute Gasteiger partial charge is 0.260 e. The van der Waals surface area contributed by atoms with E-state index in [1.807, 2.05) is 19.9 Å². The predicted molar refractivity (Wildman–Crippen MR) is 112 cm³/mol. The number of aromatic amines is 1. The fraction of sp³-hybridized carbons (Fsp3) is 0.381. The molecule has 7 nitrogen and oxygen atoms in total. The summed E-state index contributed by atoms with van der Waals surface area (Å²) < 4.78 is 0. The van der Waals surface area contributed by atoms with Gasteiger partial charge in [-0.15, -0.1) is 11.3 Å². The first-order valence-electron chi connectivity index (χ1n) is 9.69. The minimum Gasteiger partial charge on any atom is -0.338 e. The van der Waals surface area contributed by atoms with Crippen molar-refractivity contribution in [2.75, 3.05) is 13.1 Å². The van der Waals surface area contributed by atoms with Crippen LogP contribution in [0.2, 0.25) is 0 Å². The molecule has 3 aromatic heterocycles. The highest BCUT2D eigenvalue weighted by molar-refractivity contribution is 7.15. The van der Waals surface area contributed by atoms with E-state index in [1.165, 1.54) is 0 Å². The maximum Gasteiger partial charge on any atom is 0.260 e. The van der Waals surface area contributed by atoms with E-state index < -0.39 is 0 Å². The fourth-order valence-corrected chi connectivity index (χ4v) is 4.86. The van der Waals surface area contributed by atoms with Crippen molar-refractivity contribution >= 4 is 17.2 Å². The maximum atomic E-state index is 12.7. The Labute approximate surface area is 172 Å². The normalized spacial score (nSPS) is 14.9. The standard InChI is InChI=1S/C21H23N5O2S/c1-12-4-5-16(19(27)23-12)21(28)26-10-7-15(8-11-26)20-24-13(2)18(29-20)17-6-9-22-14(3)25-17/h4-6,9,15H,7-8,10-11H2,1-3H3,(H,23,27). The van der Waals surface area contributed by atoms with E-state index in [0.29, 0.717) is 19.0 Å². The number of piperidine rings is 1. The van der Waals surface area contributed by atoms with E-state index in [1.54, 1.807) is 41.5 Å². The fourth-order valence-electron chi connectivity index (χ4n) is 3.65. The van der Waals surface area contributed by atoms with Crippen molar-refractivity contribution in [1.29, 1.82) is 0 Å². The van der Waals surface area contributed by atoms with Crippen LogP contribution in [-0.2, 0) is 0 Å². The molecule has 0 atom stereocenters. The first kappa shape index (κ1) is 19.4. The number of hydrogen-bond acceptors (Lipinski definition) is 6. The molecule has 0 radical (unpaired) electrons. The Hall–Kier alpha value is -2.87. The van der Waals surface area contributed by atoms with E-state index >= 15 is 0 Å². The van der Waals surface area contributed by atoms with Gasteiger partial charge in [0, 0.05) is 30.9 Å². The summed E-state index contributed by atoms with van der Waals surface area (Å²) in [7, 11) is 0. The highest BCUT2D eigenvalue weighted by atomic mass is 32.1. The zero-order valence-electron chi connectivity index (χ0n) is 16.7. The Kier molecular flexibility index (Phi) is 5.27. The van der Waals surface area contributed by atoms with Crippen LogP contribution in [0.15, 0.2) is 29.2 Å². The molecule has 8 heteroatoms. The number of pyridine rings is 1. The lowest BCUT2D eigenvalue weighted by atomic mass is 9.97. The number of nitrogens with zero attached hydrogens (tertiary/aromatic N) is 4. The van der Waals surface area contributed by atoms with Crippen molar-refractivity contribution in [1.82, 2.24) is 24.8 Å². The number of amides is 1. The predicted octanol–water partition coefficient (Wildman–Crippen LogP) is 3.23. The van der Waals surface area contributed by atoms with E-state index in [4.69, 9.17) is 4.98 Å². The van der Waals surface area contributed by atoms with Gasteiger partial charge in [0.2, 0.25) is 0 Å². The van der Waals surface area contributed by atoms with Gasteiger partial charge in [-0.1, -0.05) is 0 Å². The third kappa shape index (κ3) is 3.98. The summed E-state index contributed by atoms with van der Waals surface area (Å²) in [6, 6.07) is 5.29. The Bertz CT molecular complexity index is 1110. The molecule has 0 spiro atoms. The number of hydrogen-bond donors (Lipinski definition) is 1. The monoisotopic (exact) mass is 409 g/mol. The van der Waals surface area contributed by atoms with Crippen LogP contribution in [0.1, 0.15) is 51.3 Å². The summed E-state index contributed by atoms with van der Waals surface area (Å²) >= 11 is 1.68. The molecule has 150 valence electrons. The summed E-state index contributed by atoms with van der Waals surface area (Å²) in [4.78, 5) is 43.8. The second kappa shape index (κ2) is 7.87. The number of aryl methyl sites for hydroxylation is 3. The third-order valence-corrected chi connectivity index (χ3v) is 6.58. The SMILES string of the molecule is Cc1nccc(-c2sc(C3CCN(C(=O)c4ccc(C)[nH]c4=O)CC3)nc2C)n1. The van der Waals surface area contributed by atoms with Gasteiger partial charge in [0.15, 0.2) is 0 Å². The molecule has 3 aromatic rings. The van der Waals surface area contributed by atoms with Crippen molar-refractivity contribution in [3.05, 3.63) is 62.5 Å². The van der Waals surface area contributed by atoms with Crippen molar-refractivity contribution < 1.29 is 4.79 Å². The van der Waals surface area contributed by atoms with Crippen LogP contribution >= 0.6 is 11.3 Å². The number of nitrogens with one attached hydrogen (secondary N) is 1. The lowest BCUT2D eigenvalue weighted by Gasteiger charge is -2.31. The first-order valence-corrected chi connectivity index (χ1v) is 10.5. The summed E-state index contributed by atoms with van der Waals surface area (Å²) in [6.07, 6.45) is 3.45. The van der Waals surface area contributed by atoms with Crippen LogP contribution in [0.5, 0.6) is 0 Å². The maximum absolute atomic E-state index is 12.7. The van der Waals surface area contributed by atoms with Gasteiger partial charge in [0.05, 0.1) is 21.3 Å². The summed E-state index contributed by atoms with van der Waals surface area (Å²) in [6.45, 7) is 6.94. The van der Waals surface area contributed by atoms with Crippen molar-refractivity contribution in [2.45, 2.75) is 39.5 Å². The van der Waals surface area contributed by atoms with Gasteiger partial charge < -0.3 is 9.88 Å². The molecule has 4 heterocycles. The zero-order chi connectivity index (χ0) is 20.5. The molecular weight excluding hydrogens is 386 g/mol. The number of H-pyrrole nitrogens is 1. The van der Waals surface area contributed by atoms with E-state index in [-0.39, 0.29) is 17.0 Å². The highest BCUT2D eigenvalue weighted by Crippen LogP contribution is 2.36. The molecule has 1 N–H and O–H groups in total. The van der Waals surface area contributed by atoms with E-state index in [0.717, 1.165) is 45.6 Å². The molecule has 0 bridgehead atoms. The molecule has 1 aliphatic heterocycles. The van der Waals surface area contributed by atoms with Crippen LogP contribution in [0.25, 0.3) is 10.6 Å². The topological polar surface area (TPSA) is 91.8 Å². The molecule has 1 aliphatic rings. The molecule has 0 saturated carbocycles. The Morgan fingerprint density at radius 2 is 1.90 bits per heavy atom. The van der Waals surface area contributed by atoms with Gasteiger partial charge >= 0.3 is 0 Å².